The Labute approximate surface area is 187 Å². The third kappa shape index (κ3) is 5.48. The quantitative estimate of drug-likeness (QED) is 0.369. The van der Waals surface area contributed by atoms with Gasteiger partial charge in [0.2, 0.25) is 0 Å². The first-order valence-corrected chi connectivity index (χ1v) is 10.6. The Balaban J connectivity index is 1.65. The van der Waals surface area contributed by atoms with Gasteiger partial charge in [-0.3, -0.25) is 4.68 Å². The monoisotopic (exact) mass is 468 g/mol. The van der Waals surface area contributed by atoms with E-state index in [0.717, 1.165) is 16.9 Å². The number of anilines is 2. The summed E-state index contributed by atoms with van der Waals surface area (Å²) in [6.07, 6.45) is 2.64. The largest absolute Gasteiger partial charge is 0.465 e. The van der Waals surface area contributed by atoms with Crippen molar-refractivity contribution in [2.45, 2.75) is 19.9 Å². The highest BCUT2D eigenvalue weighted by molar-refractivity contribution is 7.80. The normalized spacial score (nSPS) is 10.6. The first-order chi connectivity index (χ1) is 13.9. The molecular weight excluding hydrogens is 451 g/mol. The molecule has 10 heteroatoms. The smallest absolute Gasteiger partial charge is 0.340 e. The number of methoxy groups -OCH3 is 1. The van der Waals surface area contributed by atoms with Crippen molar-refractivity contribution in [3.63, 3.8) is 0 Å². The van der Waals surface area contributed by atoms with Crippen LogP contribution in [0.15, 0.2) is 36.5 Å². The number of aromatic nitrogens is 2. The summed E-state index contributed by atoms with van der Waals surface area (Å²) in [4.78, 5) is 13.0. The van der Waals surface area contributed by atoms with Gasteiger partial charge in [0.05, 0.1) is 29.3 Å². The second kappa shape index (κ2) is 9.58. The number of thiophene rings is 1. The molecule has 0 fully saturated rings. The number of carbonyl (C=O) groups is 1. The van der Waals surface area contributed by atoms with Crippen LogP contribution in [0, 0.1) is 0 Å². The van der Waals surface area contributed by atoms with E-state index in [-0.39, 0.29) is 0 Å². The zero-order valence-electron chi connectivity index (χ0n) is 15.7. The highest BCUT2D eigenvalue weighted by Gasteiger charge is 2.17. The number of benzene rings is 1. The van der Waals surface area contributed by atoms with Gasteiger partial charge < -0.3 is 15.4 Å². The van der Waals surface area contributed by atoms with Crippen molar-refractivity contribution in [3.8, 4) is 0 Å². The van der Waals surface area contributed by atoms with Crippen LogP contribution in [-0.2, 0) is 17.7 Å². The zero-order valence-corrected chi connectivity index (χ0v) is 18.8. The Morgan fingerprint density at radius 1 is 1.24 bits per heavy atom. The third-order valence-electron chi connectivity index (χ3n) is 3.97. The van der Waals surface area contributed by atoms with Crippen LogP contribution < -0.4 is 10.6 Å². The number of carbonyl (C=O) groups excluding carboxylic acids is 1. The van der Waals surface area contributed by atoms with Crippen LogP contribution in [0.2, 0.25) is 10.0 Å². The summed E-state index contributed by atoms with van der Waals surface area (Å²) in [5, 5.41) is 12.5. The van der Waals surface area contributed by atoms with Crippen molar-refractivity contribution in [2.24, 2.45) is 0 Å². The SMILES string of the molecule is CCc1cc(C(=O)OC)c(NC(=S)Nc2ccn(Cc3ccc(Cl)c(Cl)c3)n2)s1. The zero-order chi connectivity index (χ0) is 21.0. The van der Waals surface area contributed by atoms with Gasteiger partial charge in [-0.25, -0.2) is 4.79 Å². The molecule has 0 unspecified atom stereocenters. The van der Waals surface area contributed by atoms with Crippen LogP contribution in [0.5, 0.6) is 0 Å². The van der Waals surface area contributed by atoms with Crippen LogP contribution in [0.4, 0.5) is 10.8 Å². The fourth-order valence-corrected chi connectivity index (χ4v) is 4.14. The Morgan fingerprint density at radius 3 is 2.72 bits per heavy atom. The molecule has 0 atom stereocenters. The second-order valence-electron chi connectivity index (χ2n) is 6.03. The van der Waals surface area contributed by atoms with E-state index >= 15 is 0 Å². The molecule has 0 aliphatic heterocycles. The highest BCUT2D eigenvalue weighted by Crippen LogP contribution is 2.29. The maximum Gasteiger partial charge on any atom is 0.340 e. The van der Waals surface area contributed by atoms with Gasteiger partial charge in [-0.15, -0.1) is 11.3 Å². The molecule has 3 aromatic rings. The van der Waals surface area contributed by atoms with E-state index in [1.165, 1.54) is 18.4 Å². The molecule has 0 amide bonds. The molecule has 0 aliphatic rings. The van der Waals surface area contributed by atoms with Gasteiger partial charge in [-0.1, -0.05) is 36.2 Å². The van der Waals surface area contributed by atoms with E-state index in [2.05, 4.69) is 15.7 Å². The van der Waals surface area contributed by atoms with Crippen LogP contribution in [0.25, 0.3) is 0 Å². The number of aryl methyl sites for hydroxylation is 1. The molecule has 0 aliphatic carbocycles. The first kappa shape index (κ1) is 21.6. The van der Waals surface area contributed by atoms with Gasteiger partial charge in [0, 0.05) is 17.1 Å². The average Bonchev–Trinajstić information content (AvgIpc) is 3.30. The Kier molecular flexibility index (Phi) is 7.13. The van der Waals surface area contributed by atoms with E-state index in [0.29, 0.717) is 38.1 Å². The van der Waals surface area contributed by atoms with Gasteiger partial charge >= 0.3 is 5.97 Å². The minimum Gasteiger partial charge on any atom is -0.465 e. The number of nitrogens with zero attached hydrogens (tertiary/aromatic N) is 2. The molecular formula is C19H18Cl2N4O2S2. The second-order valence-corrected chi connectivity index (χ2v) is 8.39. The highest BCUT2D eigenvalue weighted by atomic mass is 35.5. The molecule has 0 bridgehead atoms. The number of ether oxygens (including phenoxy) is 1. The van der Waals surface area contributed by atoms with E-state index in [9.17, 15) is 4.79 Å². The standard InChI is InChI=1S/C19H18Cl2N4O2S2/c1-3-12-9-13(18(26)27-2)17(29-12)23-19(28)22-16-6-7-25(24-16)10-11-4-5-14(20)15(21)8-11/h4-9H,3,10H2,1-2H3,(H2,22,23,24,28). The number of nitrogens with one attached hydrogen (secondary N) is 2. The first-order valence-electron chi connectivity index (χ1n) is 8.66. The van der Waals surface area contributed by atoms with Crippen molar-refractivity contribution in [1.82, 2.24) is 9.78 Å². The van der Waals surface area contributed by atoms with E-state index in [1.54, 1.807) is 22.9 Å². The van der Waals surface area contributed by atoms with Gasteiger partial charge in [0.1, 0.15) is 5.00 Å². The number of rotatable bonds is 6. The molecule has 29 heavy (non-hydrogen) atoms. The summed E-state index contributed by atoms with van der Waals surface area (Å²) in [5.41, 5.74) is 1.44. The van der Waals surface area contributed by atoms with Crippen molar-refractivity contribution in [1.29, 1.82) is 0 Å². The Hall–Kier alpha value is -2.13. The number of thiocarbonyl (C=S) groups is 1. The molecule has 2 heterocycles. The summed E-state index contributed by atoms with van der Waals surface area (Å²) in [5.74, 6) is 0.173. The molecule has 0 saturated carbocycles. The summed E-state index contributed by atoms with van der Waals surface area (Å²) in [6.45, 7) is 2.56. The lowest BCUT2D eigenvalue weighted by molar-refractivity contribution is 0.0602. The van der Waals surface area contributed by atoms with E-state index in [1.807, 2.05) is 25.3 Å². The van der Waals surface area contributed by atoms with Crippen LogP contribution in [-0.4, -0.2) is 28.0 Å². The van der Waals surface area contributed by atoms with Gasteiger partial charge in [-0.2, -0.15) is 5.10 Å². The average molecular weight is 469 g/mol. The molecule has 3 rings (SSSR count). The van der Waals surface area contributed by atoms with E-state index < -0.39 is 5.97 Å². The van der Waals surface area contributed by atoms with Gasteiger partial charge in [-0.05, 0) is 42.4 Å². The minimum atomic E-state index is -0.405. The summed E-state index contributed by atoms with van der Waals surface area (Å²) in [6, 6.07) is 9.07. The Bertz CT molecular complexity index is 1050. The van der Waals surface area contributed by atoms with Crippen molar-refractivity contribution >= 4 is 68.7 Å². The van der Waals surface area contributed by atoms with Crippen LogP contribution in [0.3, 0.4) is 0 Å². The van der Waals surface area contributed by atoms with Crippen molar-refractivity contribution < 1.29 is 9.53 Å². The van der Waals surface area contributed by atoms with E-state index in [4.69, 9.17) is 40.2 Å². The maximum absolute atomic E-state index is 12.0. The lowest BCUT2D eigenvalue weighted by atomic mass is 10.2. The minimum absolute atomic E-state index is 0.333. The molecule has 0 radical (unpaired) electrons. The predicted molar refractivity (Wildman–Crippen MR) is 123 cm³/mol. The molecule has 2 aromatic heterocycles. The number of hydrogen-bond acceptors (Lipinski definition) is 5. The molecule has 6 nitrogen and oxygen atoms in total. The summed E-state index contributed by atoms with van der Waals surface area (Å²) in [7, 11) is 1.35. The molecule has 152 valence electrons. The lowest BCUT2D eigenvalue weighted by Gasteiger charge is -2.08. The maximum atomic E-state index is 12.0. The number of halogens is 2. The van der Waals surface area contributed by atoms with Crippen molar-refractivity contribution in [2.75, 3.05) is 17.7 Å². The summed E-state index contributed by atoms with van der Waals surface area (Å²) >= 11 is 18.8. The Morgan fingerprint density at radius 2 is 2.03 bits per heavy atom. The third-order valence-corrected chi connectivity index (χ3v) is 6.11. The molecule has 0 saturated heterocycles. The van der Waals surface area contributed by atoms with Gasteiger partial charge in [0.15, 0.2) is 10.9 Å². The molecule has 0 spiro atoms. The fourth-order valence-electron chi connectivity index (χ4n) is 2.56. The summed E-state index contributed by atoms with van der Waals surface area (Å²) < 4.78 is 6.60. The van der Waals surface area contributed by atoms with Gasteiger partial charge in [0.25, 0.3) is 0 Å². The topological polar surface area (TPSA) is 68.2 Å². The van der Waals surface area contributed by atoms with Crippen LogP contribution >= 0.6 is 46.8 Å². The molecule has 2 N–H and O–H groups in total. The van der Waals surface area contributed by atoms with Crippen molar-refractivity contribution in [3.05, 3.63) is 62.6 Å². The lowest BCUT2D eigenvalue weighted by Crippen LogP contribution is -2.20. The predicted octanol–water partition coefficient (Wildman–Crippen LogP) is 5.46. The fraction of sp³-hybridized carbons (Fsp3) is 0.211. The van der Waals surface area contributed by atoms with Crippen LogP contribution in [0.1, 0.15) is 27.7 Å². The number of esters is 1. The molecule has 1 aromatic carbocycles. The number of hydrogen-bond donors (Lipinski definition) is 2.